The molecule has 5 rings (SSSR count). The van der Waals surface area contributed by atoms with Gasteiger partial charge < -0.3 is 18.9 Å². The Balaban J connectivity index is 1.70. The first kappa shape index (κ1) is 26.2. The van der Waals surface area contributed by atoms with Crippen molar-refractivity contribution >= 4 is 23.5 Å². The molecule has 2 saturated heterocycles. The van der Waals surface area contributed by atoms with Crippen molar-refractivity contribution in [3.05, 3.63) is 83.9 Å². The number of benzene rings is 3. The fourth-order valence-corrected chi connectivity index (χ4v) is 5.80. The summed E-state index contributed by atoms with van der Waals surface area (Å²) in [5.74, 6) is -1.94. The fraction of sp³-hybridized carbons (Fsp3) is 0.300. The second-order valence-electron chi connectivity index (χ2n) is 9.34. The SMILES string of the molecule is CCOc1ccc(N2C(=O)C3C(c4ccc(OC)cc4OC)NC(C(=O)OC)(c4ccccc4)C3C2=O)cc1. The van der Waals surface area contributed by atoms with Gasteiger partial charge in [0.1, 0.15) is 17.2 Å². The van der Waals surface area contributed by atoms with Gasteiger partial charge in [-0.15, -0.1) is 0 Å². The number of nitrogens with one attached hydrogen (secondary N) is 1. The molecule has 2 heterocycles. The number of hydrogen-bond donors (Lipinski definition) is 1. The van der Waals surface area contributed by atoms with E-state index in [-0.39, 0.29) is 0 Å². The molecular weight excluding hydrogens is 500 g/mol. The predicted octanol–water partition coefficient (Wildman–Crippen LogP) is 3.62. The summed E-state index contributed by atoms with van der Waals surface area (Å²) in [4.78, 5) is 43.2. The number of anilines is 1. The van der Waals surface area contributed by atoms with Gasteiger partial charge in [0, 0.05) is 17.7 Å². The van der Waals surface area contributed by atoms with E-state index in [1.54, 1.807) is 73.8 Å². The second-order valence-corrected chi connectivity index (χ2v) is 9.34. The molecule has 39 heavy (non-hydrogen) atoms. The van der Waals surface area contributed by atoms with Gasteiger partial charge in [0.15, 0.2) is 5.54 Å². The number of methoxy groups -OCH3 is 3. The van der Waals surface area contributed by atoms with Crippen LogP contribution in [0, 0.1) is 11.8 Å². The third-order valence-electron chi connectivity index (χ3n) is 7.48. The van der Waals surface area contributed by atoms with Crippen LogP contribution in [-0.2, 0) is 24.7 Å². The summed E-state index contributed by atoms with van der Waals surface area (Å²) in [7, 11) is 4.34. The van der Waals surface area contributed by atoms with Gasteiger partial charge in [0.25, 0.3) is 0 Å². The van der Waals surface area contributed by atoms with E-state index >= 15 is 0 Å². The highest BCUT2D eigenvalue weighted by Gasteiger charge is 2.70. The summed E-state index contributed by atoms with van der Waals surface area (Å²) in [6.07, 6.45) is 0. The lowest BCUT2D eigenvalue weighted by atomic mass is 9.75. The zero-order chi connectivity index (χ0) is 27.7. The molecule has 4 unspecified atom stereocenters. The molecule has 9 nitrogen and oxygen atoms in total. The minimum Gasteiger partial charge on any atom is -0.497 e. The van der Waals surface area contributed by atoms with Gasteiger partial charge in [-0.25, -0.2) is 9.69 Å². The molecule has 4 atom stereocenters. The van der Waals surface area contributed by atoms with Crippen LogP contribution in [0.15, 0.2) is 72.8 Å². The van der Waals surface area contributed by atoms with E-state index in [0.29, 0.717) is 40.7 Å². The van der Waals surface area contributed by atoms with Gasteiger partial charge in [0.2, 0.25) is 11.8 Å². The maximum atomic E-state index is 14.2. The first-order chi connectivity index (χ1) is 18.9. The normalized spacial score (nSPS) is 23.9. The number of carbonyl (C=O) groups excluding carboxylic acids is 3. The van der Waals surface area contributed by atoms with E-state index in [1.165, 1.54) is 14.2 Å². The van der Waals surface area contributed by atoms with E-state index in [2.05, 4.69) is 5.32 Å². The maximum Gasteiger partial charge on any atom is 0.331 e. The molecule has 0 spiro atoms. The smallest absolute Gasteiger partial charge is 0.331 e. The number of carbonyl (C=O) groups is 3. The van der Waals surface area contributed by atoms with Gasteiger partial charge in [-0.1, -0.05) is 36.4 Å². The van der Waals surface area contributed by atoms with Crippen molar-refractivity contribution in [2.45, 2.75) is 18.5 Å². The summed E-state index contributed by atoms with van der Waals surface area (Å²) < 4.78 is 21.8. The predicted molar refractivity (Wildman–Crippen MR) is 143 cm³/mol. The number of imide groups is 1. The number of amides is 2. The second kappa shape index (κ2) is 10.4. The molecule has 1 N–H and O–H groups in total. The van der Waals surface area contributed by atoms with Crippen LogP contribution < -0.4 is 24.4 Å². The molecule has 9 heteroatoms. The molecule has 0 bridgehead atoms. The monoisotopic (exact) mass is 530 g/mol. The van der Waals surface area contributed by atoms with Crippen molar-refractivity contribution in [1.82, 2.24) is 5.32 Å². The van der Waals surface area contributed by atoms with Gasteiger partial charge in [-0.2, -0.15) is 0 Å². The fourth-order valence-electron chi connectivity index (χ4n) is 5.80. The Hall–Kier alpha value is -4.37. The van der Waals surface area contributed by atoms with E-state index in [9.17, 15) is 14.4 Å². The Bertz CT molecular complexity index is 1390. The van der Waals surface area contributed by atoms with Crippen LogP contribution in [0.4, 0.5) is 5.69 Å². The van der Waals surface area contributed by atoms with Crippen molar-refractivity contribution in [1.29, 1.82) is 0 Å². The van der Waals surface area contributed by atoms with E-state index in [4.69, 9.17) is 18.9 Å². The van der Waals surface area contributed by atoms with Crippen LogP contribution in [0.2, 0.25) is 0 Å². The van der Waals surface area contributed by atoms with Crippen molar-refractivity contribution in [2.24, 2.45) is 11.8 Å². The Morgan fingerprint density at radius 3 is 2.21 bits per heavy atom. The molecule has 2 fully saturated rings. The number of ether oxygens (including phenoxy) is 4. The Kier molecular flexibility index (Phi) is 7.01. The molecule has 2 aliphatic heterocycles. The summed E-state index contributed by atoms with van der Waals surface area (Å²) in [5.41, 5.74) is -0.0837. The third kappa shape index (κ3) is 4.10. The molecule has 0 radical (unpaired) electrons. The first-order valence-corrected chi connectivity index (χ1v) is 12.7. The summed E-state index contributed by atoms with van der Waals surface area (Å²) >= 11 is 0. The topological polar surface area (TPSA) is 103 Å². The Morgan fingerprint density at radius 1 is 0.897 bits per heavy atom. The standard InChI is InChI=1S/C30H30N2O7/c1-5-39-20-13-11-19(12-14-20)32-27(33)24-25(28(32)34)30(29(35)38-4,18-9-7-6-8-10-18)31-26(24)22-16-15-21(36-2)17-23(22)37-3/h6-17,24-26,31H,5H2,1-4H3. The number of fused-ring (bicyclic) bond motifs is 1. The van der Waals surface area contributed by atoms with E-state index in [0.717, 1.165) is 4.90 Å². The van der Waals surface area contributed by atoms with Gasteiger partial charge in [0.05, 0.1) is 45.5 Å². The molecule has 3 aromatic carbocycles. The van der Waals surface area contributed by atoms with Crippen LogP contribution in [-0.4, -0.2) is 45.7 Å². The van der Waals surface area contributed by atoms with Gasteiger partial charge in [-0.3, -0.25) is 14.9 Å². The van der Waals surface area contributed by atoms with Crippen LogP contribution in [0.25, 0.3) is 0 Å². The first-order valence-electron chi connectivity index (χ1n) is 12.7. The van der Waals surface area contributed by atoms with Crippen LogP contribution in [0.3, 0.4) is 0 Å². The zero-order valence-electron chi connectivity index (χ0n) is 22.2. The molecule has 2 amide bonds. The number of nitrogens with zero attached hydrogens (tertiary/aromatic N) is 1. The quantitative estimate of drug-likeness (QED) is 0.348. The average molecular weight is 531 g/mol. The molecule has 3 aromatic rings. The maximum absolute atomic E-state index is 14.2. The molecule has 0 aliphatic carbocycles. The van der Waals surface area contributed by atoms with E-state index < -0.39 is 41.2 Å². The summed E-state index contributed by atoms with van der Waals surface area (Å²) in [6.45, 7) is 2.36. The lowest BCUT2D eigenvalue weighted by Gasteiger charge is -2.33. The van der Waals surface area contributed by atoms with Crippen LogP contribution in [0.5, 0.6) is 17.2 Å². The van der Waals surface area contributed by atoms with Crippen molar-refractivity contribution in [3.8, 4) is 17.2 Å². The number of rotatable bonds is 8. The third-order valence-corrected chi connectivity index (χ3v) is 7.48. The van der Waals surface area contributed by atoms with Crippen LogP contribution >= 0.6 is 0 Å². The summed E-state index contributed by atoms with van der Waals surface area (Å²) in [6, 6.07) is 20.1. The van der Waals surface area contributed by atoms with Crippen LogP contribution in [0.1, 0.15) is 24.1 Å². The molecule has 0 saturated carbocycles. The molecule has 202 valence electrons. The van der Waals surface area contributed by atoms with E-state index in [1.807, 2.05) is 13.0 Å². The zero-order valence-corrected chi connectivity index (χ0v) is 22.2. The van der Waals surface area contributed by atoms with Crippen molar-refractivity contribution in [3.63, 3.8) is 0 Å². The minimum absolute atomic E-state index is 0.398. The summed E-state index contributed by atoms with van der Waals surface area (Å²) in [5, 5.41) is 3.38. The molecule has 2 aliphatic rings. The largest absolute Gasteiger partial charge is 0.497 e. The number of hydrogen-bond acceptors (Lipinski definition) is 8. The van der Waals surface area contributed by atoms with Crippen molar-refractivity contribution < 1.29 is 33.3 Å². The minimum atomic E-state index is -1.62. The van der Waals surface area contributed by atoms with Gasteiger partial charge >= 0.3 is 5.97 Å². The Labute approximate surface area is 226 Å². The lowest BCUT2D eigenvalue weighted by Crippen LogP contribution is -2.53. The Morgan fingerprint density at radius 2 is 1.59 bits per heavy atom. The van der Waals surface area contributed by atoms with Crippen molar-refractivity contribution in [2.75, 3.05) is 32.8 Å². The number of esters is 1. The molecule has 0 aromatic heterocycles. The van der Waals surface area contributed by atoms with Gasteiger partial charge in [-0.05, 0) is 42.8 Å². The lowest BCUT2D eigenvalue weighted by molar-refractivity contribution is -0.152. The highest BCUT2D eigenvalue weighted by molar-refractivity contribution is 6.24. The molecular formula is C30H30N2O7. The highest BCUT2D eigenvalue weighted by atomic mass is 16.5. The average Bonchev–Trinajstić information content (AvgIpc) is 3.47. The highest BCUT2D eigenvalue weighted by Crippen LogP contribution is 2.55.